The standard InChI is InChI=1S/C22H19BrClFN2O5S/c1-3-31-17-8-12(7-14(23)20(17)32-4-2)9-18-21(29)27(22(30)33-18)11-19(28)26-13-5-6-16(25)15(24)10-13/h5-10H,3-4,11H2,1-2H3,(H,26,28)/b18-9+. The van der Waals surface area contributed by atoms with E-state index in [1.807, 2.05) is 13.8 Å². The SMILES string of the molecule is CCOc1cc(/C=C2/SC(=O)N(CC(=O)Nc3ccc(F)c(Cl)c3)C2=O)cc(Br)c1OCC. The maximum Gasteiger partial charge on any atom is 0.294 e. The number of benzene rings is 2. The number of imide groups is 1. The van der Waals surface area contributed by atoms with Crippen LogP contribution < -0.4 is 14.8 Å². The molecular weight excluding hydrogens is 539 g/mol. The lowest BCUT2D eigenvalue weighted by Crippen LogP contribution is -2.36. The Hall–Kier alpha value is -2.56. The van der Waals surface area contributed by atoms with Crippen LogP contribution in [-0.2, 0) is 9.59 Å². The number of halogens is 3. The molecule has 1 aliphatic heterocycles. The molecule has 174 valence electrons. The van der Waals surface area contributed by atoms with Crippen LogP contribution in [0.15, 0.2) is 39.7 Å². The van der Waals surface area contributed by atoms with Gasteiger partial charge < -0.3 is 14.8 Å². The number of nitrogens with one attached hydrogen (secondary N) is 1. The van der Waals surface area contributed by atoms with E-state index in [1.54, 1.807) is 18.2 Å². The fourth-order valence-corrected chi connectivity index (χ4v) is 4.52. The first kappa shape index (κ1) is 25.1. The Morgan fingerprint density at radius 2 is 1.94 bits per heavy atom. The highest BCUT2D eigenvalue weighted by atomic mass is 79.9. The van der Waals surface area contributed by atoms with E-state index in [2.05, 4.69) is 21.2 Å². The molecule has 0 saturated carbocycles. The molecule has 1 aliphatic rings. The summed E-state index contributed by atoms with van der Waals surface area (Å²) in [6, 6.07) is 7.12. The van der Waals surface area contributed by atoms with Crippen molar-refractivity contribution >= 4 is 68.1 Å². The average molecular weight is 558 g/mol. The zero-order valence-electron chi connectivity index (χ0n) is 17.6. The van der Waals surface area contributed by atoms with E-state index in [0.717, 1.165) is 22.7 Å². The molecule has 0 aliphatic carbocycles. The summed E-state index contributed by atoms with van der Waals surface area (Å²) in [6.45, 7) is 4.07. The zero-order chi connectivity index (χ0) is 24.1. The van der Waals surface area contributed by atoms with Crippen LogP contribution in [0.2, 0.25) is 5.02 Å². The Morgan fingerprint density at radius 3 is 2.61 bits per heavy atom. The van der Waals surface area contributed by atoms with Crippen molar-refractivity contribution in [1.82, 2.24) is 4.90 Å². The van der Waals surface area contributed by atoms with Gasteiger partial charge in [0.2, 0.25) is 5.91 Å². The summed E-state index contributed by atoms with van der Waals surface area (Å²) in [5, 5.41) is 1.76. The molecule has 1 heterocycles. The number of amides is 3. The predicted octanol–water partition coefficient (Wildman–Crippen LogP) is 5.71. The van der Waals surface area contributed by atoms with Gasteiger partial charge in [0.15, 0.2) is 11.5 Å². The maximum absolute atomic E-state index is 13.3. The largest absolute Gasteiger partial charge is 0.490 e. The smallest absolute Gasteiger partial charge is 0.294 e. The van der Waals surface area contributed by atoms with Crippen LogP contribution in [0.3, 0.4) is 0 Å². The summed E-state index contributed by atoms with van der Waals surface area (Å²) in [4.78, 5) is 38.5. The zero-order valence-corrected chi connectivity index (χ0v) is 20.8. The Kier molecular flexibility index (Phi) is 8.39. The van der Waals surface area contributed by atoms with E-state index in [0.29, 0.717) is 34.7 Å². The van der Waals surface area contributed by atoms with Gasteiger partial charge in [-0.25, -0.2) is 4.39 Å². The molecule has 3 rings (SSSR count). The number of hydrogen-bond acceptors (Lipinski definition) is 6. The van der Waals surface area contributed by atoms with Crippen molar-refractivity contribution in [2.75, 3.05) is 25.1 Å². The highest BCUT2D eigenvalue weighted by Gasteiger charge is 2.36. The first-order valence-corrected chi connectivity index (χ1v) is 11.8. The lowest BCUT2D eigenvalue weighted by atomic mass is 10.2. The molecule has 11 heteroatoms. The average Bonchev–Trinajstić information content (AvgIpc) is 3.01. The Balaban J connectivity index is 1.76. The van der Waals surface area contributed by atoms with E-state index >= 15 is 0 Å². The van der Waals surface area contributed by atoms with Gasteiger partial charge in [-0.05, 0) is 83.5 Å². The number of rotatable bonds is 8. The highest BCUT2D eigenvalue weighted by Crippen LogP contribution is 2.39. The minimum atomic E-state index is -0.626. The molecule has 1 N–H and O–H groups in total. The summed E-state index contributed by atoms with van der Waals surface area (Å²) in [5.41, 5.74) is 0.862. The van der Waals surface area contributed by atoms with E-state index in [4.69, 9.17) is 21.1 Å². The van der Waals surface area contributed by atoms with E-state index in [1.165, 1.54) is 12.1 Å². The number of ether oxygens (including phenoxy) is 2. The van der Waals surface area contributed by atoms with Crippen molar-refractivity contribution in [3.05, 3.63) is 56.1 Å². The van der Waals surface area contributed by atoms with Crippen LogP contribution >= 0.6 is 39.3 Å². The minimum Gasteiger partial charge on any atom is -0.490 e. The quantitative estimate of drug-likeness (QED) is 0.418. The number of carbonyl (C=O) groups is 3. The van der Waals surface area contributed by atoms with Gasteiger partial charge in [0.25, 0.3) is 11.1 Å². The maximum atomic E-state index is 13.3. The van der Waals surface area contributed by atoms with E-state index in [-0.39, 0.29) is 15.6 Å². The lowest BCUT2D eigenvalue weighted by molar-refractivity contribution is -0.127. The number of thioether (sulfide) groups is 1. The van der Waals surface area contributed by atoms with E-state index < -0.39 is 29.4 Å². The summed E-state index contributed by atoms with van der Waals surface area (Å²) in [5.74, 6) is -0.804. The number of anilines is 1. The van der Waals surface area contributed by atoms with Gasteiger partial charge in [0, 0.05) is 5.69 Å². The molecule has 0 unspecified atom stereocenters. The number of hydrogen-bond donors (Lipinski definition) is 1. The van der Waals surface area contributed by atoms with Gasteiger partial charge in [-0.15, -0.1) is 0 Å². The Labute approximate surface area is 207 Å². The fourth-order valence-electron chi connectivity index (χ4n) is 2.92. The van der Waals surface area contributed by atoms with Crippen molar-refractivity contribution in [3.8, 4) is 11.5 Å². The van der Waals surface area contributed by atoms with Crippen LogP contribution in [0.1, 0.15) is 19.4 Å². The van der Waals surface area contributed by atoms with Crippen molar-refractivity contribution < 1.29 is 28.2 Å². The topological polar surface area (TPSA) is 84.9 Å². The normalized spacial score (nSPS) is 14.7. The molecule has 7 nitrogen and oxygen atoms in total. The van der Waals surface area contributed by atoms with Crippen molar-refractivity contribution in [2.24, 2.45) is 0 Å². The third-order valence-corrected chi connectivity index (χ3v) is 6.08. The molecule has 33 heavy (non-hydrogen) atoms. The third kappa shape index (κ3) is 6.07. The summed E-state index contributed by atoms with van der Waals surface area (Å²) < 4.78 is 25.1. The summed E-state index contributed by atoms with van der Waals surface area (Å²) in [7, 11) is 0. The van der Waals surface area contributed by atoms with Gasteiger partial charge in [-0.1, -0.05) is 11.6 Å². The molecule has 0 bridgehead atoms. The van der Waals surface area contributed by atoms with Gasteiger partial charge in [0.05, 0.1) is 27.6 Å². The summed E-state index contributed by atoms with van der Waals surface area (Å²) in [6.07, 6.45) is 1.55. The minimum absolute atomic E-state index is 0.158. The van der Waals surface area contributed by atoms with Crippen LogP contribution in [0.4, 0.5) is 14.9 Å². The highest BCUT2D eigenvalue weighted by molar-refractivity contribution is 9.10. The van der Waals surface area contributed by atoms with Crippen LogP contribution in [0.5, 0.6) is 11.5 Å². The Bertz CT molecular complexity index is 1140. The molecule has 0 atom stereocenters. The molecule has 3 amide bonds. The second-order valence-electron chi connectivity index (χ2n) is 6.64. The molecule has 0 aromatic heterocycles. The van der Waals surface area contributed by atoms with Crippen molar-refractivity contribution in [3.63, 3.8) is 0 Å². The number of nitrogens with zero attached hydrogens (tertiary/aromatic N) is 1. The Morgan fingerprint density at radius 1 is 1.21 bits per heavy atom. The molecule has 2 aromatic rings. The molecule has 2 aromatic carbocycles. The monoisotopic (exact) mass is 556 g/mol. The lowest BCUT2D eigenvalue weighted by Gasteiger charge is -2.14. The first-order chi connectivity index (χ1) is 15.7. The third-order valence-electron chi connectivity index (χ3n) is 4.30. The molecule has 0 spiro atoms. The second-order valence-corrected chi connectivity index (χ2v) is 8.90. The van der Waals surface area contributed by atoms with Crippen LogP contribution in [0.25, 0.3) is 6.08 Å². The number of carbonyl (C=O) groups excluding carboxylic acids is 3. The molecule has 1 fully saturated rings. The van der Waals surface area contributed by atoms with Gasteiger partial charge in [-0.3, -0.25) is 19.3 Å². The molecule has 0 radical (unpaired) electrons. The molecular formula is C22H19BrClFN2O5S. The van der Waals surface area contributed by atoms with Gasteiger partial charge >= 0.3 is 0 Å². The van der Waals surface area contributed by atoms with Crippen molar-refractivity contribution in [1.29, 1.82) is 0 Å². The van der Waals surface area contributed by atoms with Gasteiger partial charge in [0.1, 0.15) is 12.4 Å². The summed E-state index contributed by atoms with van der Waals surface area (Å²) >= 11 is 9.87. The first-order valence-electron chi connectivity index (χ1n) is 9.82. The van der Waals surface area contributed by atoms with Crippen LogP contribution in [-0.4, -0.2) is 41.7 Å². The predicted molar refractivity (Wildman–Crippen MR) is 129 cm³/mol. The van der Waals surface area contributed by atoms with Gasteiger partial charge in [-0.2, -0.15) is 0 Å². The second kappa shape index (κ2) is 11.0. The van der Waals surface area contributed by atoms with Crippen molar-refractivity contribution in [2.45, 2.75) is 13.8 Å². The van der Waals surface area contributed by atoms with E-state index in [9.17, 15) is 18.8 Å². The van der Waals surface area contributed by atoms with Crippen LogP contribution in [0, 0.1) is 5.82 Å². The molecule has 1 saturated heterocycles. The fraction of sp³-hybridized carbons (Fsp3) is 0.227.